The molecule has 3 aromatic rings. The molecule has 0 spiro atoms. The second kappa shape index (κ2) is 9.28. The lowest BCUT2D eigenvalue weighted by molar-refractivity contribution is -0.141. The number of aliphatic hydroxyl groups excluding tert-OH is 1. The Morgan fingerprint density at radius 2 is 1.64 bits per heavy atom. The normalized spacial score (nSPS) is 17.7. The fourth-order valence-electron chi connectivity index (χ4n) is 5.51. The van der Waals surface area contributed by atoms with Crippen molar-refractivity contribution >= 4 is 11.6 Å². The van der Waals surface area contributed by atoms with E-state index in [-0.39, 0.29) is 36.2 Å². The van der Waals surface area contributed by atoms with Crippen LogP contribution in [0.1, 0.15) is 59.4 Å². The minimum atomic E-state index is -4.68. The molecule has 1 N–H and O–H groups in total. The minimum absolute atomic E-state index is 0.0361. The van der Waals surface area contributed by atoms with Crippen LogP contribution in [0.25, 0.3) is 5.69 Å². The van der Waals surface area contributed by atoms with Crippen LogP contribution in [0, 0.1) is 0 Å². The number of aliphatic hydroxyl groups is 1. The lowest BCUT2D eigenvalue weighted by Crippen LogP contribution is -2.39. The third-order valence-corrected chi connectivity index (χ3v) is 7.51. The molecule has 2 aliphatic rings. The van der Waals surface area contributed by atoms with Crippen LogP contribution in [0.5, 0.6) is 5.75 Å². The molecule has 1 fully saturated rings. The first kappa shape index (κ1) is 24.4. The number of carbonyl (C=O) groups is 1. The van der Waals surface area contributed by atoms with Gasteiger partial charge >= 0.3 is 6.18 Å². The van der Waals surface area contributed by atoms with Crippen LogP contribution in [-0.2, 0) is 18.0 Å². The Morgan fingerprint density at radius 3 is 2.22 bits per heavy atom. The summed E-state index contributed by atoms with van der Waals surface area (Å²) in [6.07, 6.45) is 0.469. The molecule has 0 bridgehead atoms. The topological polar surface area (TPSA) is 67.6 Å². The number of ether oxygens (including phenoxy) is 1. The number of benzene rings is 2. The van der Waals surface area contributed by atoms with Crippen molar-refractivity contribution < 1.29 is 27.8 Å². The number of hydrogen-bond donors (Lipinski definition) is 1. The molecule has 1 aromatic heterocycles. The predicted molar refractivity (Wildman–Crippen MR) is 129 cm³/mol. The van der Waals surface area contributed by atoms with Crippen molar-refractivity contribution in [2.45, 2.75) is 50.1 Å². The first-order valence-electron chi connectivity index (χ1n) is 12.1. The molecule has 36 heavy (non-hydrogen) atoms. The van der Waals surface area contributed by atoms with E-state index in [1.54, 1.807) is 24.3 Å². The van der Waals surface area contributed by atoms with Crippen molar-refractivity contribution in [1.29, 1.82) is 0 Å². The van der Waals surface area contributed by atoms with Gasteiger partial charge in [-0.05, 0) is 61.2 Å². The molecule has 0 saturated heterocycles. The summed E-state index contributed by atoms with van der Waals surface area (Å²) in [6, 6.07) is 13.9. The second-order valence-electron chi connectivity index (χ2n) is 9.54. The molecule has 2 aromatic carbocycles. The molecule has 5 rings (SSSR count). The van der Waals surface area contributed by atoms with Crippen LogP contribution in [0.3, 0.4) is 0 Å². The average molecular weight is 500 g/mol. The van der Waals surface area contributed by atoms with Crippen molar-refractivity contribution in [3.05, 3.63) is 71.0 Å². The van der Waals surface area contributed by atoms with E-state index in [0.717, 1.165) is 42.3 Å². The van der Waals surface area contributed by atoms with Crippen molar-refractivity contribution in [3.63, 3.8) is 0 Å². The summed E-state index contributed by atoms with van der Waals surface area (Å²) in [5.41, 5.74) is 0.508. The summed E-state index contributed by atoms with van der Waals surface area (Å²) in [5, 5.41) is 14.0. The van der Waals surface area contributed by atoms with Gasteiger partial charge in [-0.25, -0.2) is 4.68 Å². The molecular formula is C27H28F3N3O3. The van der Waals surface area contributed by atoms with Gasteiger partial charge in [-0.2, -0.15) is 18.3 Å². The maximum Gasteiger partial charge on any atom is 0.435 e. The number of aromatic nitrogens is 2. The van der Waals surface area contributed by atoms with Gasteiger partial charge in [0.2, 0.25) is 0 Å². The zero-order valence-corrected chi connectivity index (χ0v) is 20.0. The zero-order valence-electron chi connectivity index (χ0n) is 20.0. The van der Waals surface area contributed by atoms with Crippen molar-refractivity contribution in [1.82, 2.24) is 9.78 Å². The first-order valence-corrected chi connectivity index (χ1v) is 12.1. The largest absolute Gasteiger partial charge is 0.497 e. The van der Waals surface area contributed by atoms with Gasteiger partial charge in [0.25, 0.3) is 5.91 Å². The molecule has 6 nitrogen and oxygen atoms in total. The van der Waals surface area contributed by atoms with E-state index in [9.17, 15) is 23.1 Å². The quantitative estimate of drug-likeness (QED) is 0.518. The molecule has 1 amide bonds. The van der Waals surface area contributed by atoms with Crippen LogP contribution in [0.15, 0.2) is 48.5 Å². The van der Waals surface area contributed by atoms with Gasteiger partial charge in [-0.3, -0.25) is 4.79 Å². The number of alkyl halides is 3. The molecule has 0 unspecified atom stereocenters. The maximum absolute atomic E-state index is 13.8. The van der Waals surface area contributed by atoms with E-state index in [2.05, 4.69) is 5.10 Å². The number of fused-ring (bicyclic) bond motifs is 1. The Hall–Kier alpha value is -3.33. The zero-order chi connectivity index (χ0) is 25.5. The van der Waals surface area contributed by atoms with Gasteiger partial charge in [0.05, 0.1) is 19.4 Å². The summed E-state index contributed by atoms with van der Waals surface area (Å²) in [4.78, 5) is 15.1. The maximum atomic E-state index is 13.8. The second-order valence-corrected chi connectivity index (χ2v) is 9.54. The summed E-state index contributed by atoms with van der Waals surface area (Å²) in [6.45, 7) is 0.188. The number of nitrogens with zero attached hydrogens (tertiary/aromatic N) is 3. The van der Waals surface area contributed by atoms with Crippen LogP contribution in [0.4, 0.5) is 18.9 Å². The molecule has 9 heteroatoms. The van der Waals surface area contributed by atoms with Gasteiger partial charge in [-0.1, -0.05) is 31.4 Å². The summed E-state index contributed by atoms with van der Waals surface area (Å²) >= 11 is 0. The number of halogens is 3. The monoisotopic (exact) mass is 499 g/mol. The standard InChI is InChI=1S/C27H28F3N3O3/c1-36-21-11-9-20(10-12-21)33-23-22(24(31-33)27(28,29)30)13-16-32(25(23)35)19-7-5-18(6-8-19)26(17-34)14-3-2-4-15-26/h5-12,34H,2-4,13-17H2,1H3. The van der Waals surface area contributed by atoms with Gasteiger partial charge in [0, 0.05) is 23.2 Å². The number of carbonyl (C=O) groups excluding carboxylic acids is 1. The van der Waals surface area contributed by atoms with E-state index in [4.69, 9.17) is 4.74 Å². The Bertz CT molecular complexity index is 1240. The third kappa shape index (κ3) is 4.15. The van der Waals surface area contributed by atoms with Crippen LogP contribution >= 0.6 is 0 Å². The summed E-state index contributed by atoms with van der Waals surface area (Å²) in [5.74, 6) is 0.0137. The third-order valence-electron chi connectivity index (χ3n) is 7.51. The lowest BCUT2D eigenvalue weighted by Gasteiger charge is -2.36. The van der Waals surface area contributed by atoms with E-state index in [1.165, 1.54) is 12.0 Å². The minimum Gasteiger partial charge on any atom is -0.497 e. The van der Waals surface area contributed by atoms with E-state index in [1.807, 2.05) is 24.3 Å². The summed E-state index contributed by atoms with van der Waals surface area (Å²) < 4.78 is 47.7. The van der Waals surface area contributed by atoms with E-state index < -0.39 is 17.8 Å². The fourth-order valence-corrected chi connectivity index (χ4v) is 5.51. The van der Waals surface area contributed by atoms with Gasteiger partial charge in [0.15, 0.2) is 5.69 Å². The first-order chi connectivity index (χ1) is 17.3. The van der Waals surface area contributed by atoms with Crippen molar-refractivity contribution in [2.24, 2.45) is 0 Å². The molecule has 190 valence electrons. The highest BCUT2D eigenvalue weighted by molar-refractivity contribution is 6.07. The Kier molecular flexibility index (Phi) is 6.28. The van der Waals surface area contributed by atoms with Crippen LogP contribution < -0.4 is 9.64 Å². The molecule has 1 aliphatic heterocycles. The van der Waals surface area contributed by atoms with E-state index in [0.29, 0.717) is 17.1 Å². The molecule has 0 atom stereocenters. The molecule has 2 heterocycles. The van der Waals surface area contributed by atoms with Crippen molar-refractivity contribution in [3.8, 4) is 11.4 Å². The highest BCUT2D eigenvalue weighted by Crippen LogP contribution is 2.41. The molecule has 1 aliphatic carbocycles. The molecule has 1 saturated carbocycles. The fraction of sp³-hybridized carbons (Fsp3) is 0.407. The lowest BCUT2D eigenvalue weighted by atomic mass is 9.70. The average Bonchev–Trinajstić information content (AvgIpc) is 3.31. The predicted octanol–water partition coefficient (Wildman–Crippen LogP) is 5.30. The SMILES string of the molecule is COc1ccc(-n2nc(C(F)(F)F)c3c2C(=O)N(c2ccc(C4(CO)CCCCC4)cc2)CC3)cc1. The number of amides is 1. The van der Waals surface area contributed by atoms with Gasteiger partial charge < -0.3 is 14.7 Å². The van der Waals surface area contributed by atoms with Crippen LogP contribution in [0.2, 0.25) is 0 Å². The molecular weight excluding hydrogens is 471 g/mol. The Morgan fingerprint density at radius 1 is 1.00 bits per heavy atom. The highest BCUT2D eigenvalue weighted by atomic mass is 19.4. The van der Waals surface area contributed by atoms with Crippen LogP contribution in [-0.4, -0.2) is 41.1 Å². The van der Waals surface area contributed by atoms with E-state index >= 15 is 0 Å². The number of hydrogen-bond acceptors (Lipinski definition) is 4. The number of anilines is 1. The van der Waals surface area contributed by atoms with Gasteiger partial charge in [0.1, 0.15) is 11.4 Å². The van der Waals surface area contributed by atoms with Gasteiger partial charge in [-0.15, -0.1) is 0 Å². The smallest absolute Gasteiger partial charge is 0.435 e. The van der Waals surface area contributed by atoms with Crippen molar-refractivity contribution in [2.75, 3.05) is 25.2 Å². The Labute approximate surface area is 207 Å². The number of rotatable bonds is 5. The highest BCUT2D eigenvalue weighted by Gasteiger charge is 2.43. The molecule has 0 radical (unpaired) electrons. The summed E-state index contributed by atoms with van der Waals surface area (Å²) in [7, 11) is 1.50. The Balaban J connectivity index is 1.51. The number of methoxy groups -OCH3 is 1.